The molecule has 0 bridgehead atoms. The van der Waals surface area contributed by atoms with Crippen molar-refractivity contribution < 1.29 is 78.7 Å². The fraction of sp³-hybridized carbons (Fsp3) is 0.560. The van der Waals surface area contributed by atoms with E-state index in [-0.39, 0.29) is 0 Å². The summed E-state index contributed by atoms with van der Waals surface area (Å²) in [5, 5.41) is 25.7. The van der Waals surface area contributed by atoms with Gasteiger partial charge in [0.15, 0.2) is 0 Å². The van der Waals surface area contributed by atoms with E-state index < -0.39 is 36.4 Å². The minimum absolute atomic E-state index is 0.316. The molecular formula is C25H30F9N5O8. The highest BCUT2D eigenvalue weighted by molar-refractivity contribution is 5.73. The van der Waals surface area contributed by atoms with Crippen LogP contribution < -0.4 is 4.74 Å². The smallest absolute Gasteiger partial charge is 0.481 e. The van der Waals surface area contributed by atoms with Gasteiger partial charge >= 0.3 is 36.4 Å². The molecule has 2 saturated heterocycles. The molecule has 4 heterocycles. The minimum atomic E-state index is -5.08. The number of alkyl halides is 9. The van der Waals surface area contributed by atoms with Gasteiger partial charge in [-0.1, -0.05) is 6.07 Å². The Labute approximate surface area is 260 Å². The highest BCUT2D eigenvalue weighted by Gasteiger charge is 2.40. The first kappa shape index (κ1) is 40.8. The summed E-state index contributed by atoms with van der Waals surface area (Å²) >= 11 is 0. The highest BCUT2D eigenvalue weighted by atomic mass is 19.4. The summed E-state index contributed by atoms with van der Waals surface area (Å²) in [4.78, 5) is 36.0. The molecule has 47 heavy (non-hydrogen) atoms. The number of halogens is 9. The zero-order chi connectivity index (χ0) is 36.2. The molecule has 0 spiro atoms. The van der Waals surface area contributed by atoms with Gasteiger partial charge in [-0.3, -0.25) is 14.5 Å². The van der Waals surface area contributed by atoms with Crippen molar-refractivity contribution in [2.45, 2.75) is 37.7 Å². The zero-order valence-electron chi connectivity index (χ0n) is 24.5. The number of carbonyl (C=O) groups is 3. The third-order valence-corrected chi connectivity index (χ3v) is 6.02. The average molecular weight is 700 g/mol. The molecule has 0 aromatic carbocycles. The van der Waals surface area contributed by atoms with E-state index in [1.807, 2.05) is 24.0 Å². The van der Waals surface area contributed by atoms with Crippen molar-refractivity contribution in [1.29, 1.82) is 0 Å². The summed E-state index contributed by atoms with van der Waals surface area (Å²) in [7, 11) is 3.64. The van der Waals surface area contributed by atoms with Crippen LogP contribution in [0.5, 0.6) is 5.88 Å². The number of hydrogen-bond donors (Lipinski definition) is 3. The number of rotatable bonds is 5. The number of aromatic nitrogens is 3. The number of methoxy groups -OCH3 is 1. The number of likely N-dealkylation sites (tertiary alicyclic amines) is 1. The van der Waals surface area contributed by atoms with Crippen LogP contribution in [0.4, 0.5) is 39.5 Å². The Kier molecular flexibility index (Phi) is 15.3. The molecule has 2 aromatic rings. The monoisotopic (exact) mass is 699 g/mol. The third kappa shape index (κ3) is 15.3. The molecule has 0 aliphatic carbocycles. The summed E-state index contributed by atoms with van der Waals surface area (Å²) in [6, 6.07) is 4.06. The lowest BCUT2D eigenvalue weighted by atomic mass is 10.1. The van der Waals surface area contributed by atoms with Crippen LogP contribution in [-0.4, -0.2) is 122 Å². The van der Waals surface area contributed by atoms with E-state index >= 15 is 0 Å². The SMILES string of the molecule is COc1ncccc1CN1C[C@@H]2CN(Cc3cnn(C)c3)CCO[C@@H]2C1.O=C(O)C(F)(F)F.O=C(O)C(F)(F)F.O=C(O)C(F)(F)F. The van der Waals surface area contributed by atoms with Crippen LogP contribution >= 0.6 is 0 Å². The van der Waals surface area contributed by atoms with Crippen molar-refractivity contribution in [3.05, 3.63) is 41.9 Å². The maximum Gasteiger partial charge on any atom is 0.490 e. The fourth-order valence-corrected chi connectivity index (χ4v) is 4.10. The lowest BCUT2D eigenvalue weighted by Gasteiger charge is -2.23. The van der Waals surface area contributed by atoms with Gasteiger partial charge in [-0.15, -0.1) is 0 Å². The van der Waals surface area contributed by atoms with E-state index in [0.717, 1.165) is 57.3 Å². The first-order valence-corrected chi connectivity index (χ1v) is 13.0. The lowest BCUT2D eigenvalue weighted by molar-refractivity contribution is -0.193. The molecule has 22 heteroatoms. The Bertz CT molecular complexity index is 1250. The van der Waals surface area contributed by atoms with Gasteiger partial charge in [-0.25, -0.2) is 19.4 Å². The van der Waals surface area contributed by atoms with Crippen LogP contribution in [0.25, 0.3) is 0 Å². The molecule has 0 unspecified atom stereocenters. The maximum absolute atomic E-state index is 10.6. The summed E-state index contributed by atoms with van der Waals surface area (Å²) in [6.07, 6.45) is -9.11. The van der Waals surface area contributed by atoms with E-state index in [4.69, 9.17) is 39.2 Å². The molecule has 266 valence electrons. The Morgan fingerprint density at radius 3 is 1.85 bits per heavy atom. The molecule has 3 N–H and O–H groups in total. The zero-order valence-corrected chi connectivity index (χ0v) is 24.5. The van der Waals surface area contributed by atoms with Gasteiger partial charge in [0.25, 0.3) is 0 Å². The van der Waals surface area contributed by atoms with Crippen LogP contribution in [0.2, 0.25) is 0 Å². The van der Waals surface area contributed by atoms with Crippen LogP contribution in [0, 0.1) is 5.92 Å². The van der Waals surface area contributed by atoms with Gasteiger partial charge < -0.3 is 24.8 Å². The molecule has 0 radical (unpaired) electrons. The van der Waals surface area contributed by atoms with Crippen molar-refractivity contribution in [2.24, 2.45) is 13.0 Å². The highest BCUT2D eigenvalue weighted by Crippen LogP contribution is 2.27. The molecule has 4 rings (SSSR count). The van der Waals surface area contributed by atoms with E-state index in [9.17, 15) is 39.5 Å². The Morgan fingerprint density at radius 2 is 1.40 bits per heavy atom. The van der Waals surface area contributed by atoms with Crippen molar-refractivity contribution in [3.8, 4) is 5.88 Å². The Balaban J connectivity index is 0.000000430. The number of carboxylic acid groups (broad SMARTS) is 3. The average Bonchev–Trinajstić information content (AvgIpc) is 3.47. The van der Waals surface area contributed by atoms with Crippen molar-refractivity contribution in [3.63, 3.8) is 0 Å². The maximum atomic E-state index is 10.6. The summed E-state index contributed by atoms with van der Waals surface area (Å²) in [6.45, 7) is 6.67. The second kappa shape index (κ2) is 17.7. The first-order chi connectivity index (χ1) is 21.5. The number of hydrogen-bond acceptors (Lipinski definition) is 9. The van der Waals surface area contributed by atoms with E-state index in [1.54, 1.807) is 13.3 Å². The van der Waals surface area contributed by atoms with E-state index in [1.165, 1.54) is 5.56 Å². The van der Waals surface area contributed by atoms with Gasteiger partial charge in [-0.2, -0.15) is 44.6 Å². The number of fused-ring (bicyclic) bond motifs is 1. The number of aliphatic carboxylic acids is 3. The number of pyridine rings is 1. The predicted octanol–water partition coefficient (Wildman–Crippen LogP) is 3.06. The lowest BCUT2D eigenvalue weighted by Crippen LogP contribution is -2.32. The minimum Gasteiger partial charge on any atom is -0.481 e. The molecule has 13 nitrogen and oxygen atoms in total. The second-order valence-electron chi connectivity index (χ2n) is 9.70. The van der Waals surface area contributed by atoms with Gasteiger partial charge in [0.2, 0.25) is 5.88 Å². The number of nitrogens with zero attached hydrogens (tertiary/aromatic N) is 5. The van der Waals surface area contributed by atoms with Crippen LogP contribution in [0.3, 0.4) is 0 Å². The van der Waals surface area contributed by atoms with Gasteiger partial charge in [0.1, 0.15) is 0 Å². The van der Waals surface area contributed by atoms with E-state index in [0.29, 0.717) is 12.0 Å². The molecular weight excluding hydrogens is 669 g/mol. The predicted molar refractivity (Wildman–Crippen MR) is 139 cm³/mol. The normalized spacial score (nSPS) is 18.5. The van der Waals surface area contributed by atoms with Gasteiger partial charge in [0.05, 0.1) is 26.0 Å². The second-order valence-corrected chi connectivity index (χ2v) is 9.70. The molecule has 2 aromatic heterocycles. The van der Waals surface area contributed by atoms with Crippen molar-refractivity contribution in [2.75, 3.05) is 39.9 Å². The molecule has 2 aliphatic heterocycles. The van der Waals surface area contributed by atoms with E-state index in [2.05, 4.69) is 32.1 Å². The topological polar surface area (TPSA) is 168 Å². The van der Waals surface area contributed by atoms with Crippen LogP contribution in [0.1, 0.15) is 11.1 Å². The fourth-order valence-electron chi connectivity index (χ4n) is 4.10. The van der Waals surface area contributed by atoms with Gasteiger partial charge in [0, 0.05) is 75.8 Å². The van der Waals surface area contributed by atoms with Crippen LogP contribution in [0.15, 0.2) is 30.7 Å². The molecule has 0 saturated carbocycles. The Hall–Kier alpha value is -4.18. The third-order valence-electron chi connectivity index (χ3n) is 6.02. The van der Waals surface area contributed by atoms with Crippen molar-refractivity contribution in [1.82, 2.24) is 24.6 Å². The molecule has 0 amide bonds. The summed E-state index contributed by atoms with van der Waals surface area (Å²) < 4.78 is 109. The summed E-state index contributed by atoms with van der Waals surface area (Å²) in [5.74, 6) is -7.01. The number of carboxylic acids is 3. The molecule has 2 fully saturated rings. The molecule has 2 atom stereocenters. The standard InChI is InChI=1S/C19H27N5O2.3C2HF3O2/c1-22-9-15(8-21-22)10-23-6-7-26-18-14-24(13-17(18)12-23)11-16-4-3-5-20-19(16)25-2;3*3-2(4,5)1(6)7/h3-5,8-9,17-18H,6-7,10-14H2,1-2H3;3*(H,6,7)/t17-,18+;;;/m0.../s1. The first-order valence-electron chi connectivity index (χ1n) is 13.0. The van der Waals surface area contributed by atoms with Crippen LogP contribution in [-0.2, 0) is 39.3 Å². The van der Waals surface area contributed by atoms with Gasteiger partial charge in [-0.05, 0) is 6.07 Å². The number of ether oxygens (including phenoxy) is 2. The largest absolute Gasteiger partial charge is 0.490 e. The summed E-state index contributed by atoms with van der Waals surface area (Å²) in [5.41, 5.74) is 2.40. The molecule has 2 aliphatic rings. The Morgan fingerprint density at radius 1 is 0.894 bits per heavy atom. The number of aryl methyl sites for hydroxylation is 1. The van der Waals surface area contributed by atoms with Crippen molar-refractivity contribution >= 4 is 17.9 Å². The quantitative estimate of drug-likeness (QED) is 0.391.